The van der Waals surface area contributed by atoms with Crippen LogP contribution in [0.5, 0.6) is 11.5 Å². The first-order valence-corrected chi connectivity index (χ1v) is 8.92. The zero-order valence-corrected chi connectivity index (χ0v) is 15.5. The Hall–Kier alpha value is -3.01. The first kappa shape index (κ1) is 20.3. The van der Waals surface area contributed by atoms with Gasteiger partial charge in [-0.1, -0.05) is 25.3 Å². The van der Waals surface area contributed by atoms with E-state index in [9.17, 15) is 20.0 Å². The van der Waals surface area contributed by atoms with Crippen molar-refractivity contribution in [2.75, 3.05) is 7.11 Å². The molecule has 0 saturated heterocycles. The summed E-state index contributed by atoms with van der Waals surface area (Å²) in [6.07, 6.45) is 5.53. The largest absolute Gasteiger partial charge is 0.546 e. The summed E-state index contributed by atoms with van der Waals surface area (Å²) in [7, 11) is 1.42. The van der Waals surface area contributed by atoms with Gasteiger partial charge in [0.05, 0.1) is 13.1 Å². The van der Waals surface area contributed by atoms with Crippen molar-refractivity contribution in [2.24, 2.45) is 0 Å². The molecule has 0 unspecified atom stereocenters. The van der Waals surface area contributed by atoms with Crippen LogP contribution in [0.1, 0.15) is 44.6 Å². The average molecular weight is 371 g/mol. The zero-order valence-electron chi connectivity index (χ0n) is 15.5. The minimum atomic E-state index is -1.34. The van der Waals surface area contributed by atoms with E-state index >= 15 is 0 Å². The van der Waals surface area contributed by atoms with E-state index in [1.54, 1.807) is 12.1 Å². The maximum Gasteiger partial charge on any atom is 0.262 e. The lowest BCUT2D eigenvalue weighted by Crippen LogP contribution is -2.37. The number of carbonyl (C=O) groups excluding carboxylic acids is 2. The molecule has 1 amide bonds. The lowest BCUT2D eigenvalue weighted by Gasteiger charge is -2.22. The van der Waals surface area contributed by atoms with Gasteiger partial charge in [0.1, 0.15) is 17.7 Å². The standard InChI is InChI=1S/C20H24N2O5/c1-13(20(24)25)27-17-9-8-14(11-18(17)26-2)10-15(12-21)19(23)22-16-6-4-3-5-7-16/h8-11,13,16H,3-7H2,1-2H3,(H,22,23)(H,24,25)/p-1/b15-10-/t13-/m0/s1. The molecule has 7 nitrogen and oxygen atoms in total. The first-order chi connectivity index (χ1) is 12.9. The summed E-state index contributed by atoms with van der Waals surface area (Å²) in [6.45, 7) is 1.35. The highest BCUT2D eigenvalue weighted by atomic mass is 16.5. The molecule has 0 radical (unpaired) electrons. The second-order valence-corrected chi connectivity index (χ2v) is 6.47. The van der Waals surface area contributed by atoms with Gasteiger partial charge >= 0.3 is 0 Å². The van der Waals surface area contributed by atoms with Gasteiger partial charge in [-0.05, 0) is 43.5 Å². The van der Waals surface area contributed by atoms with Crippen molar-refractivity contribution in [1.29, 1.82) is 5.26 Å². The summed E-state index contributed by atoms with van der Waals surface area (Å²) in [5.74, 6) is -1.21. The van der Waals surface area contributed by atoms with Crippen LogP contribution in [0, 0.1) is 11.3 Å². The number of hydrogen-bond acceptors (Lipinski definition) is 6. The highest BCUT2D eigenvalue weighted by molar-refractivity contribution is 6.01. The topological polar surface area (TPSA) is 111 Å². The second-order valence-electron chi connectivity index (χ2n) is 6.47. The quantitative estimate of drug-likeness (QED) is 0.575. The summed E-state index contributed by atoms with van der Waals surface area (Å²) in [5, 5.41) is 23.1. The van der Waals surface area contributed by atoms with E-state index in [2.05, 4.69) is 5.32 Å². The summed E-state index contributed by atoms with van der Waals surface area (Å²) in [5.41, 5.74) is 0.565. The molecule has 0 heterocycles. The van der Waals surface area contributed by atoms with Crippen LogP contribution in [-0.4, -0.2) is 31.1 Å². The molecule has 144 valence electrons. The molecule has 2 rings (SSSR count). The molecule has 1 saturated carbocycles. The van der Waals surface area contributed by atoms with Crippen LogP contribution in [0.25, 0.3) is 6.08 Å². The fourth-order valence-corrected chi connectivity index (χ4v) is 2.94. The number of nitrogens with zero attached hydrogens (tertiary/aromatic N) is 1. The number of rotatable bonds is 7. The van der Waals surface area contributed by atoms with Crippen molar-refractivity contribution in [2.45, 2.75) is 51.2 Å². The van der Waals surface area contributed by atoms with Gasteiger partial charge in [0.15, 0.2) is 11.5 Å². The molecular weight excluding hydrogens is 348 g/mol. The third-order valence-electron chi connectivity index (χ3n) is 4.44. The molecular formula is C20H23N2O5-. The number of carboxylic acid groups (broad SMARTS) is 1. The van der Waals surface area contributed by atoms with Crippen LogP contribution in [-0.2, 0) is 9.59 Å². The summed E-state index contributed by atoms with van der Waals surface area (Å²) in [6, 6.07) is 6.75. The number of methoxy groups -OCH3 is 1. The Labute approximate surface area is 158 Å². The molecule has 1 aromatic carbocycles. The van der Waals surface area contributed by atoms with Crippen LogP contribution in [0.4, 0.5) is 0 Å². The Morgan fingerprint density at radius 2 is 2.00 bits per heavy atom. The number of benzene rings is 1. The third-order valence-corrected chi connectivity index (χ3v) is 4.44. The fraction of sp³-hybridized carbons (Fsp3) is 0.450. The maximum atomic E-state index is 12.4. The lowest BCUT2D eigenvalue weighted by molar-refractivity contribution is -0.312. The van der Waals surface area contributed by atoms with E-state index in [4.69, 9.17) is 9.47 Å². The molecule has 7 heteroatoms. The molecule has 0 spiro atoms. The Bertz CT molecular complexity index is 760. The monoisotopic (exact) mass is 371 g/mol. The van der Waals surface area contributed by atoms with E-state index in [1.165, 1.54) is 32.6 Å². The van der Waals surface area contributed by atoms with Gasteiger partial charge in [0.2, 0.25) is 0 Å². The highest BCUT2D eigenvalue weighted by Gasteiger charge is 2.18. The summed E-state index contributed by atoms with van der Waals surface area (Å²) in [4.78, 5) is 23.2. The van der Waals surface area contributed by atoms with Gasteiger partial charge in [0.25, 0.3) is 5.91 Å². The number of nitrogens with one attached hydrogen (secondary N) is 1. The number of carboxylic acids is 1. The van der Waals surface area contributed by atoms with E-state index in [1.807, 2.05) is 6.07 Å². The minimum absolute atomic E-state index is 0.000557. The van der Waals surface area contributed by atoms with Gasteiger partial charge < -0.3 is 24.7 Å². The number of nitriles is 1. The Kier molecular flexibility index (Phi) is 7.24. The first-order valence-electron chi connectivity index (χ1n) is 8.92. The number of ether oxygens (including phenoxy) is 2. The van der Waals surface area contributed by atoms with E-state index in [0.29, 0.717) is 11.3 Å². The van der Waals surface area contributed by atoms with Crippen molar-refractivity contribution in [1.82, 2.24) is 5.32 Å². The van der Waals surface area contributed by atoms with Gasteiger partial charge in [-0.25, -0.2) is 0 Å². The van der Waals surface area contributed by atoms with Crippen LogP contribution < -0.4 is 19.9 Å². The third kappa shape index (κ3) is 5.74. The minimum Gasteiger partial charge on any atom is -0.546 e. The van der Waals surface area contributed by atoms with Crippen molar-refractivity contribution < 1.29 is 24.2 Å². The predicted octanol–water partition coefficient (Wildman–Crippen LogP) is 1.57. The Balaban J connectivity index is 2.16. The van der Waals surface area contributed by atoms with Gasteiger partial charge in [-0.3, -0.25) is 4.79 Å². The van der Waals surface area contributed by atoms with Crippen LogP contribution >= 0.6 is 0 Å². The smallest absolute Gasteiger partial charge is 0.262 e. The van der Waals surface area contributed by atoms with Gasteiger partial charge in [-0.2, -0.15) is 5.26 Å². The highest BCUT2D eigenvalue weighted by Crippen LogP contribution is 2.30. The number of hydrogen-bond donors (Lipinski definition) is 1. The normalized spacial score (nSPS) is 16.1. The molecule has 1 N–H and O–H groups in total. The number of aliphatic carboxylic acids is 1. The predicted molar refractivity (Wildman–Crippen MR) is 96.7 cm³/mol. The molecule has 1 fully saturated rings. The van der Waals surface area contributed by atoms with Crippen LogP contribution in [0.3, 0.4) is 0 Å². The summed E-state index contributed by atoms with van der Waals surface area (Å²) >= 11 is 0. The molecule has 0 bridgehead atoms. The molecule has 1 atom stereocenters. The number of carbonyl (C=O) groups is 2. The Morgan fingerprint density at radius 3 is 2.59 bits per heavy atom. The van der Waals surface area contributed by atoms with Crippen molar-refractivity contribution >= 4 is 18.0 Å². The van der Waals surface area contributed by atoms with Crippen LogP contribution in [0.2, 0.25) is 0 Å². The maximum absolute atomic E-state index is 12.4. The second kappa shape index (κ2) is 9.62. The Morgan fingerprint density at radius 1 is 1.30 bits per heavy atom. The van der Waals surface area contributed by atoms with E-state index in [-0.39, 0.29) is 17.4 Å². The molecule has 1 aromatic rings. The van der Waals surface area contributed by atoms with Crippen molar-refractivity contribution in [3.05, 3.63) is 29.3 Å². The van der Waals surface area contributed by atoms with Gasteiger partial charge in [-0.15, -0.1) is 0 Å². The molecule has 0 aliphatic heterocycles. The van der Waals surface area contributed by atoms with Gasteiger partial charge in [0, 0.05) is 6.04 Å². The average Bonchev–Trinajstić information content (AvgIpc) is 2.67. The molecule has 1 aliphatic carbocycles. The van der Waals surface area contributed by atoms with Crippen LogP contribution in [0.15, 0.2) is 23.8 Å². The van der Waals surface area contributed by atoms with E-state index < -0.39 is 18.0 Å². The zero-order chi connectivity index (χ0) is 19.8. The summed E-state index contributed by atoms with van der Waals surface area (Å²) < 4.78 is 10.5. The number of amides is 1. The van der Waals surface area contributed by atoms with Crippen molar-refractivity contribution in [3.8, 4) is 17.6 Å². The lowest BCUT2D eigenvalue weighted by atomic mass is 9.95. The molecule has 1 aliphatic rings. The fourth-order valence-electron chi connectivity index (χ4n) is 2.94. The molecule has 0 aromatic heterocycles. The van der Waals surface area contributed by atoms with Crippen molar-refractivity contribution in [3.63, 3.8) is 0 Å². The van der Waals surface area contributed by atoms with E-state index in [0.717, 1.165) is 25.7 Å². The molecule has 27 heavy (non-hydrogen) atoms. The SMILES string of the molecule is COc1cc(/C=C(/C#N)C(=O)NC2CCCCC2)ccc1O[C@@H](C)C(=O)[O-].